The molecule has 1 aliphatic heterocycles. The van der Waals surface area contributed by atoms with Crippen molar-refractivity contribution in [1.82, 2.24) is 19.7 Å². The Morgan fingerprint density at radius 1 is 1.36 bits per heavy atom. The molecule has 0 saturated carbocycles. The van der Waals surface area contributed by atoms with Gasteiger partial charge in [-0.05, 0) is 32.0 Å². The molecule has 6 nitrogen and oxygen atoms in total. The number of amides is 1. The molecule has 0 N–H and O–H groups in total. The summed E-state index contributed by atoms with van der Waals surface area (Å²) in [6, 6.07) is 5.57. The second kappa shape index (κ2) is 6.17. The Morgan fingerprint density at radius 2 is 2.09 bits per heavy atom. The number of aromatic nitrogens is 3. The van der Waals surface area contributed by atoms with E-state index in [1.165, 1.54) is 0 Å². The lowest BCUT2D eigenvalue weighted by molar-refractivity contribution is 0.0765. The van der Waals surface area contributed by atoms with Crippen LogP contribution in [0.2, 0.25) is 0 Å². The van der Waals surface area contributed by atoms with Gasteiger partial charge in [0.1, 0.15) is 11.9 Å². The quantitative estimate of drug-likeness (QED) is 0.844. The Balaban J connectivity index is 1.66. The minimum atomic E-state index is -0.00139. The predicted octanol–water partition coefficient (Wildman–Crippen LogP) is 1.76. The number of carbonyl (C=O) groups is 1. The SMILES string of the molecule is CCN(CC)C(=O)c1cc2n(n1)C[C@@H](Oc1ccncc1)C2. The van der Waals surface area contributed by atoms with Crippen LogP contribution in [0, 0.1) is 0 Å². The highest BCUT2D eigenvalue weighted by molar-refractivity contribution is 5.92. The van der Waals surface area contributed by atoms with Crippen LogP contribution in [0.4, 0.5) is 0 Å². The lowest BCUT2D eigenvalue weighted by Crippen LogP contribution is -2.31. The molecule has 0 bridgehead atoms. The molecule has 3 rings (SSSR count). The maximum Gasteiger partial charge on any atom is 0.274 e. The van der Waals surface area contributed by atoms with E-state index in [-0.39, 0.29) is 12.0 Å². The van der Waals surface area contributed by atoms with Gasteiger partial charge in [-0.15, -0.1) is 0 Å². The van der Waals surface area contributed by atoms with Crippen molar-refractivity contribution in [3.63, 3.8) is 0 Å². The van der Waals surface area contributed by atoms with E-state index in [2.05, 4.69) is 10.1 Å². The first-order valence-electron chi connectivity index (χ1n) is 7.64. The van der Waals surface area contributed by atoms with Crippen LogP contribution in [0.15, 0.2) is 30.6 Å². The van der Waals surface area contributed by atoms with Crippen LogP contribution in [0.3, 0.4) is 0 Å². The topological polar surface area (TPSA) is 60.2 Å². The summed E-state index contributed by atoms with van der Waals surface area (Å²) in [5.41, 5.74) is 1.58. The summed E-state index contributed by atoms with van der Waals surface area (Å²) in [5, 5.41) is 4.43. The minimum Gasteiger partial charge on any atom is -0.488 e. The Morgan fingerprint density at radius 3 is 2.73 bits per heavy atom. The maximum atomic E-state index is 12.3. The number of fused-ring (bicyclic) bond motifs is 1. The van der Waals surface area contributed by atoms with E-state index >= 15 is 0 Å². The van der Waals surface area contributed by atoms with Crippen LogP contribution in [0.5, 0.6) is 5.75 Å². The summed E-state index contributed by atoms with van der Waals surface area (Å²) in [4.78, 5) is 18.1. The number of pyridine rings is 1. The van der Waals surface area contributed by atoms with Crippen molar-refractivity contribution < 1.29 is 9.53 Å². The Kier molecular flexibility index (Phi) is 4.09. The molecule has 1 aliphatic rings. The van der Waals surface area contributed by atoms with Crippen molar-refractivity contribution in [2.24, 2.45) is 0 Å². The molecular formula is C16H20N4O2. The van der Waals surface area contributed by atoms with Crippen LogP contribution in [-0.2, 0) is 13.0 Å². The first kappa shape index (κ1) is 14.6. The Labute approximate surface area is 129 Å². The molecule has 6 heteroatoms. The van der Waals surface area contributed by atoms with Crippen LogP contribution in [-0.4, -0.2) is 44.8 Å². The Hall–Kier alpha value is -2.37. The van der Waals surface area contributed by atoms with Crippen molar-refractivity contribution in [3.8, 4) is 5.75 Å². The standard InChI is InChI=1S/C16H20N4O2/c1-3-19(4-2)16(21)15-10-12-9-14(11-20(12)18-15)22-13-5-7-17-8-6-13/h5-8,10,14H,3-4,9,11H2,1-2H3/t14-/m0/s1. The monoisotopic (exact) mass is 300 g/mol. The van der Waals surface area contributed by atoms with E-state index in [9.17, 15) is 4.79 Å². The maximum absolute atomic E-state index is 12.3. The molecule has 2 aromatic heterocycles. The van der Waals surface area contributed by atoms with Gasteiger partial charge in [-0.2, -0.15) is 5.10 Å². The number of hydrogen-bond acceptors (Lipinski definition) is 4. The molecule has 2 aromatic rings. The van der Waals surface area contributed by atoms with Crippen molar-refractivity contribution >= 4 is 5.91 Å². The highest BCUT2D eigenvalue weighted by Crippen LogP contribution is 2.21. The van der Waals surface area contributed by atoms with Crippen molar-refractivity contribution in [3.05, 3.63) is 42.0 Å². The van der Waals surface area contributed by atoms with Crippen LogP contribution in [0.1, 0.15) is 30.0 Å². The van der Waals surface area contributed by atoms with Crippen molar-refractivity contribution in [1.29, 1.82) is 0 Å². The van der Waals surface area contributed by atoms with Gasteiger partial charge in [0.15, 0.2) is 5.69 Å². The number of nitrogens with zero attached hydrogens (tertiary/aromatic N) is 4. The summed E-state index contributed by atoms with van der Waals surface area (Å²) in [7, 11) is 0. The molecule has 0 radical (unpaired) electrons. The molecule has 0 unspecified atom stereocenters. The van der Waals surface area contributed by atoms with Crippen molar-refractivity contribution in [2.45, 2.75) is 32.9 Å². The molecule has 1 amide bonds. The third kappa shape index (κ3) is 2.81. The van der Waals surface area contributed by atoms with Gasteiger partial charge in [0, 0.05) is 37.6 Å². The molecule has 22 heavy (non-hydrogen) atoms. The third-order valence-electron chi connectivity index (χ3n) is 3.90. The smallest absolute Gasteiger partial charge is 0.274 e. The van der Waals surface area contributed by atoms with Gasteiger partial charge in [0.05, 0.1) is 6.54 Å². The van der Waals surface area contributed by atoms with Crippen molar-refractivity contribution in [2.75, 3.05) is 13.1 Å². The number of hydrogen-bond donors (Lipinski definition) is 0. The van der Waals surface area contributed by atoms with Gasteiger partial charge in [0.2, 0.25) is 0 Å². The Bertz CT molecular complexity index is 626. The van der Waals surface area contributed by atoms with E-state index in [4.69, 9.17) is 4.74 Å². The van der Waals surface area contributed by atoms with E-state index < -0.39 is 0 Å². The van der Waals surface area contributed by atoms with E-state index in [0.717, 1.165) is 17.9 Å². The molecule has 0 aromatic carbocycles. The second-order valence-electron chi connectivity index (χ2n) is 5.31. The highest BCUT2D eigenvalue weighted by Gasteiger charge is 2.27. The first-order chi connectivity index (χ1) is 10.7. The highest BCUT2D eigenvalue weighted by atomic mass is 16.5. The zero-order chi connectivity index (χ0) is 15.5. The lowest BCUT2D eigenvalue weighted by atomic mass is 10.2. The largest absolute Gasteiger partial charge is 0.488 e. The van der Waals surface area contributed by atoms with Gasteiger partial charge < -0.3 is 9.64 Å². The van der Waals surface area contributed by atoms with Gasteiger partial charge in [-0.1, -0.05) is 0 Å². The fourth-order valence-electron chi connectivity index (χ4n) is 2.73. The van der Waals surface area contributed by atoms with Gasteiger partial charge in [0.25, 0.3) is 5.91 Å². The average molecular weight is 300 g/mol. The van der Waals surface area contributed by atoms with Gasteiger partial charge in [-0.3, -0.25) is 14.5 Å². The third-order valence-corrected chi connectivity index (χ3v) is 3.90. The van der Waals surface area contributed by atoms with Gasteiger partial charge in [-0.25, -0.2) is 0 Å². The summed E-state index contributed by atoms with van der Waals surface area (Å²) in [6.07, 6.45) is 4.25. The van der Waals surface area contributed by atoms with Crippen LogP contribution < -0.4 is 4.74 Å². The van der Waals surface area contributed by atoms with E-state index in [0.29, 0.717) is 25.3 Å². The van der Waals surface area contributed by atoms with E-state index in [1.54, 1.807) is 17.3 Å². The average Bonchev–Trinajstić information content (AvgIpc) is 3.07. The summed E-state index contributed by atoms with van der Waals surface area (Å²) < 4.78 is 7.79. The fourth-order valence-corrected chi connectivity index (χ4v) is 2.73. The molecule has 1 atom stereocenters. The molecule has 0 aliphatic carbocycles. The molecule has 0 fully saturated rings. The number of ether oxygens (including phenoxy) is 1. The summed E-state index contributed by atoms with van der Waals surface area (Å²) in [5.74, 6) is 0.809. The summed E-state index contributed by atoms with van der Waals surface area (Å²) in [6.45, 7) is 6.02. The molecular weight excluding hydrogens is 280 g/mol. The van der Waals surface area contributed by atoms with Crippen LogP contribution >= 0.6 is 0 Å². The zero-order valence-corrected chi connectivity index (χ0v) is 12.9. The molecule has 3 heterocycles. The number of rotatable bonds is 5. The molecule has 0 saturated heterocycles. The van der Waals surface area contributed by atoms with E-state index in [1.807, 2.05) is 36.7 Å². The number of carbonyl (C=O) groups excluding carboxylic acids is 1. The minimum absolute atomic E-state index is 0.00139. The van der Waals surface area contributed by atoms with Crippen LogP contribution in [0.25, 0.3) is 0 Å². The first-order valence-corrected chi connectivity index (χ1v) is 7.64. The summed E-state index contributed by atoms with van der Waals surface area (Å²) >= 11 is 0. The molecule has 0 spiro atoms. The predicted molar refractivity (Wildman–Crippen MR) is 81.8 cm³/mol. The normalized spacial score (nSPS) is 16.4. The lowest BCUT2D eigenvalue weighted by Gasteiger charge is -2.17. The second-order valence-corrected chi connectivity index (χ2v) is 5.31. The molecule has 116 valence electrons. The van der Waals surface area contributed by atoms with Gasteiger partial charge >= 0.3 is 0 Å². The fraction of sp³-hybridized carbons (Fsp3) is 0.438. The zero-order valence-electron chi connectivity index (χ0n) is 12.9.